The number of nitrogens with zero attached hydrogens (tertiary/aromatic N) is 3. The van der Waals surface area contributed by atoms with Crippen molar-refractivity contribution in [2.45, 2.75) is 31.5 Å². The fourth-order valence-electron chi connectivity index (χ4n) is 3.76. The first kappa shape index (κ1) is 14.7. The number of likely N-dealkylation sites (tertiary alicyclic amines) is 1. The summed E-state index contributed by atoms with van der Waals surface area (Å²) in [4.78, 5) is 4.93. The molecule has 6 nitrogen and oxygen atoms in total. The van der Waals surface area contributed by atoms with Gasteiger partial charge < -0.3 is 4.74 Å². The highest BCUT2D eigenvalue weighted by Crippen LogP contribution is 2.37. The van der Waals surface area contributed by atoms with Crippen LogP contribution >= 0.6 is 0 Å². The molecule has 20 heavy (non-hydrogen) atoms. The molecule has 116 valence electrons. The third-order valence-electron chi connectivity index (χ3n) is 4.92. The van der Waals surface area contributed by atoms with E-state index < -0.39 is 10.0 Å². The minimum absolute atomic E-state index is 0.0000463. The van der Waals surface area contributed by atoms with Crippen molar-refractivity contribution in [3.05, 3.63) is 0 Å². The lowest BCUT2D eigenvalue weighted by atomic mass is 9.82. The van der Waals surface area contributed by atoms with Crippen molar-refractivity contribution in [2.24, 2.45) is 0 Å². The van der Waals surface area contributed by atoms with Gasteiger partial charge in [0.25, 0.3) is 0 Å². The summed E-state index contributed by atoms with van der Waals surface area (Å²) in [5.74, 6) is 0. The lowest BCUT2D eigenvalue weighted by Crippen LogP contribution is -2.81. The molecule has 1 spiro atoms. The fraction of sp³-hybridized carbons (Fsp3) is 1.00. The summed E-state index contributed by atoms with van der Waals surface area (Å²) < 4.78 is 31.1. The van der Waals surface area contributed by atoms with Gasteiger partial charge in [-0.05, 0) is 13.8 Å². The Morgan fingerprint density at radius 3 is 2.55 bits per heavy atom. The highest BCUT2D eigenvalue weighted by atomic mass is 32.2. The number of piperazine rings is 1. The Hall–Kier alpha value is -0.210. The van der Waals surface area contributed by atoms with Crippen LogP contribution in [-0.2, 0) is 14.8 Å². The second-order valence-corrected chi connectivity index (χ2v) is 8.68. The zero-order valence-corrected chi connectivity index (χ0v) is 13.4. The molecule has 7 heteroatoms. The van der Waals surface area contributed by atoms with E-state index in [-0.39, 0.29) is 11.6 Å². The summed E-state index contributed by atoms with van der Waals surface area (Å²) in [6, 6.07) is 0.732. The number of rotatable bonds is 2. The van der Waals surface area contributed by atoms with Crippen LogP contribution in [0.4, 0.5) is 0 Å². The normalized spacial score (nSPS) is 32.3. The standard InChI is InChI=1S/C13H25N3O3S/c1-11(2)14-8-13(9-14)10-15(20(3,17)18)6-12-7-19-5-4-16(12)13/h11-12H,4-10H2,1-3H3/t12-/m1/s1. The van der Waals surface area contributed by atoms with Gasteiger partial charge in [-0.15, -0.1) is 0 Å². The van der Waals surface area contributed by atoms with Crippen molar-refractivity contribution < 1.29 is 13.2 Å². The van der Waals surface area contributed by atoms with E-state index in [1.54, 1.807) is 4.31 Å². The van der Waals surface area contributed by atoms with Crippen molar-refractivity contribution in [1.29, 1.82) is 0 Å². The fourth-order valence-corrected chi connectivity index (χ4v) is 4.68. The van der Waals surface area contributed by atoms with Gasteiger partial charge in [0, 0.05) is 44.8 Å². The Morgan fingerprint density at radius 2 is 1.95 bits per heavy atom. The monoisotopic (exact) mass is 303 g/mol. The van der Waals surface area contributed by atoms with Crippen molar-refractivity contribution in [3.8, 4) is 0 Å². The molecule has 0 aromatic carbocycles. The maximum absolute atomic E-state index is 12.0. The summed E-state index contributed by atoms with van der Waals surface area (Å²) in [6.07, 6.45) is 1.32. The first-order valence-electron chi connectivity index (χ1n) is 7.35. The van der Waals surface area contributed by atoms with Crippen LogP contribution in [0.5, 0.6) is 0 Å². The number of morpholine rings is 1. The second-order valence-electron chi connectivity index (χ2n) is 6.70. The van der Waals surface area contributed by atoms with Crippen molar-refractivity contribution >= 4 is 10.0 Å². The predicted octanol–water partition coefficient (Wildman–Crippen LogP) is -0.575. The van der Waals surface area contributed by atoms with Gasteiger partial charge in [0.2, 0.25) is 10.0 Å². The summed E-state index contributed by atoms with van der Waals surface area (Å²) in [6.45, 7) is 9.86. The highest BCUT2D eigenvalue weighted by molar-refractivity contribution is 7.88. The van der Waals surface area contributed by atoms with E-state index in [0.717, 1.165) is 26.2 Å². The van der Waals surface area contributed by atoms with Crippen LogP contribution in [0.1, 0.15) is 13.8 Å². The van der Waals surface area contributed by atoms with Gasteiger partial charge in [-0.1, -0.05) is 0 Å². The van der Waals surface area contributed by atoms with Crippen LogP contribution < -0.4 is 0 Å². The van der Waals surface area contributed by atoms with E-state index in [1.165, 1.54) is 6.26 Å². The van der Waals surface area contributed by atoms with E-state index in [9.17, 15) is 8.42 Å². The molecule has 3 saturated heterocycles. The maximum atomic E-state index is 12.0. The third-order valence-corrected chi connectivity index (χ3v) is 6.13. The molecular formula is C13H25N3O3S. The quantitative estimate of drug-likeness (QED) is 0.683. The van der Waals surface area contributed by atoms with Crippen LogP contribution in [0.2, 0.25) is 0 Å². The Balaban J connectivity index is 1.83. The maximum Gasteiger partial charge on any atom is 0.211 e. The predicted molar refractivity (Wildman–Crippen MR) is 77.2 cm³/mol. The van der Waals surface area contributed by atoms with Crippen molar-refractivity contribution in [2.75, 3.05) is 52.2 Å². The van der Waals surface area contributed by atoms with Crippen molar-refractivity contribution in [1.82, 2.24) is 14.1 Å². The van der Waals surface area contributed by atoms with Crippen molar-refractivity contribution in [3.63, 3.8) is 0 Å². The summed E-state index contributed by atoms with van der Waals surface area (Å²) in [5, 5.41) is 0. The topological polar surface area (TPSA) is 53.1 Å². The van der Waals surface area contributed by atoms with Gasteiger partial charge in [-0.25, -0.2) is 8.42 Å². The molecule has 0 amide bonds. The summed E-state index contributed by atoms with van der Waals surface area (Å²) >= 11 is 0. The molecule has 3 aliphatic heterocycles. The van der Waals surface area contributed by atoms with E-state index >= 15 is 0 Å². The molecule has 0 aliphatic carbocycles. The molecule has 0 bridgehead atoms. The van der Waals surface area contributed by atoms with E-state index in [2.05, 4.69) is 23.6 Å². The number of ether oxygens (including phenoxy) is 1. The number of hydrogen-bond donors (Lipinski definition) is 0. The number of hydrogen-bond acceptors (Lipinski definition) is 5. The highest BCUT2D eigenvalue weighted by Gasteiger charge is 2.55. The minimum Gasteiger partial charge on any atom is -0.378 e. The third kappa shape index (κ3) is 2.39. The average Bonchev–Trinajstić information content (AvgIpc) is 2.33. The smallest absolute Gasteiger partial charge is 0.211 e. The van der Waals surface area contributed by atoms with Gasteiger partial charge in [0.05, 0.1) is 25.0 Å². The van der Waals surface area contributed by atoms with Gasteiger partial charge in [0.1, 0.15) is 0 Å². The lowest BCUT2D eigenvalue weighted by Gasteiger charge is -2.63. The van der Waals surface area contributed by atoms with Crippen LogP contribution in [0.25, 0.3) is 0 Å². The molecule has 3 aliphatic rings. The van der Waals surface area contributed by atoms with E-state index in [1.807, 2.05) is 0 Å². The Morgan fingerprint density at radius 1 is 1.25 bits per heavy atom. The Bertz CT molecular complexity index is 473. The SMILES string of the molecule is CC(C)N1CC2(C1)CN(S(C)(=O)=O)C[C@@H]1COCCN12. The summed E-state index contributed by atoms with van der Waals surface area (Å²) in [5.41, 5.74) is 0.0000463. The van der Waals surface area contributed by atoms with Gasteiger partial charge in [-0.3, -0.25) is 9.80 Å². The zero-order chi connectivity index (χ0) is 14.5. The first-order chi connectivity index (χ1) is 9.32. The molecule has 0 aromatic rings. The van der Waals surface area contributed by atoms with Gasteiger partial charge >= 0.3 is 0 Å². The van der Waals surface area contributed by atoms with Crippen LogP contribution in [0, 0.1) is 0 Å². The second kappa shape index (κ2) is 4.91. The zero-order valence-electron chi connectivity index (χ0n) is 12.6. The summed E-state index contributed by atoms with van der Waals surface area (Å²) in [7, 11) is -3.13. The van der Waals surface area contributed by atoms with E-state index in [4.69, 9.17) is 4.74 Å². The minimum atomic E-state index is -3.13. The molecule has 0 aromatic heterocycles. The van der Waals surface area contributed by atoms with E-state index in [0.29, 0.717) is 25.7 Å². The molecule has 3 rings (SSSR count). The Kier molecular flexibility index (Phi) is 3.62. The molecule has 0 radical (unpaired) electrons. The Labute approximate surface area is 121 Å². The molecule has 3 fully saturated rings. The lowest BCUT2D eigenvalue weighted by molar-refractivity contribution is -0.158. The first-order valence-corrected chi connectivity index (χ1v) is 9.20. The molecule has 0 saturated carbocycles. The molecule has 0 N–H and O–H groups in total. The van der Waals surface area contributed by atoms with Gasteiger partial charge in [0.15, 0.2) is 0 Å². The molecule has 3 heterocycles. The largest absolute Gasteiger partial charge is 0.378 e. The molecule has 0 unspecified atom stereocenters. The average molecular weight is 303 g/mol. The van der Waals surface area contributed by atoms with Gasteiger partial charge in [-0.2, -0.15) is 4.31 Å². The molecular weight excluding hydrogens is 278 g/mol. The van der Waals surface area contributed by atoms with Crippen LogP contribution in [0.3, 0.4) is 0 Å². The number of sulfonamides is 1. The molecule has 1 atom stereocenters. The van der Waals surface area contributed by atoms with Crippen LogP contribution in [-0.4, -0.2) is 92.3 Å². The number of fused-ring (bicyclic) bond motifs is 2. The van der Waals surface area contributed by atoms with Crippen LogP contribution in [0.15, 0.2) is 0 Å².